The molecule has 28 heavy (non-hydrogen) atoms. The number of carbonyl (C=O) groups excluding carboxylic acids is 2. The number of piperidine rings is 1. The zero-order valence-corrected chi connectivity index (χ0v) is 15.4. The lowest BCUT2D eigenvalue weighted by atomic mass is 9.97. The number of amides is 2. The summed E-state index contributed by atoms with van der Waals surface area (Å²) in [6, 6.07) is 13.6. The van der Waals surface area contributed by atoms with Crippen molar-refractivity contribution in [1.82, 2.24) is 15.5 Å². The van der Waals surface area contributed by atoms with Gasteiger partial charge in [-0.15, -0.1) is 0 Å². The Hall–Kier alpha value is -2.93. The first-order chi connectivity index (χ1) is 13.5. The molecule has 2 N–H and O–H groups in total. The van der Waals surface area contributed by atoms with Crippen LogP contribution in [0.3, 0.4) is 0 Å². The summed E-state index contributed by atoms with van der Waals surface area (Å²) in [4.78, 5) is 26.6. The number of hydrogen-bond acceptors (Lipinski definition) is 4. The molecular formula is C21H22FN3O3. The number of nitrogens with zero attached hydrogens (tertiary/aromatic N) is 1. The van der Waals surface area contributed by atoms with Gasteiger partial charge < -0.3 is 15.4 Å². The molecule has 146 valence electrons. The number of likely N-dealkylation sites (tertiary alicyclic amines) is 1. The highest BCUT2D eigenvalue weighted by molar-refractivity contribution is 5.98. The van der Waals surface area contributed by atoms with Gasteiger partial charge in [-0.1, -0.05) is 30.3 Å². The first-order valence-electron chi connectivity index (χ1n) is 9.38. The van der Waals surface area contributed by atoms with Crippen molar-refractivity contribution in [1.29, 1.82) is 0 Å². The Morgan fingerprint density at radius 1 is 1.14 bits per heavy atom. The van der Waals surface area contributed by atoms with Crippen molar-refractivity contribution in [2.24, 2.45) is 0 Å². The fourth-order valence-electron chi connectivity index (χ4n) is 3.65. The molecule has 1 fully saturated rings. The van der Waals surface area contributed by atoms with E-state index in [0.29, 0.717) is 42.8 Å². The summed E-state index contributed by atoms with van der Waals surface area (Å²) in [6.07, 6.45) is 1.18. The molecule has 1 saturated heterocycles. The van der Waals surface area contributed by atoms with Crippen LogP contribution in [-0.2, 0) is 11.3 Å². The standard InChI is InChI=1S/C21H22FN3O3/c22-17-7-3-1-5-15(17)13-23-19(26)14-25-11-9-21(10-12-25)24-20(27)16-6-2-4-8-18(16)28-21/h1-8H,9-14H2,(H,23,26)(H,24,27). The topological polar surface area (TPSA) is 70.7 Å². The molecule has 1 spiro atoms. The van der Waals surface area contributed by atoms with Gasteiger partial charge in [-0.05, 0) is 18.2 Å². The summed E-state index contributed by atoms with van der Waals surface area (Å²) in [5.74, 6) is -0.00778. The highest BCUT2D eigenvalue weighted by Gasteiger charge is 2.42. The number of carbonyl (C=O) groups is 2. The van der Waals surface area contributed by atoms with Crippen LogP contribution < -0.4 is 15.4 Å². The molecule has 4 rings (SSSR count). The van der Waals surface area contributed by atoms with Gasteiger partial charge in [0.05, 0.1) is 12.1 Å². The molecule has 0 aliphatic carbocycles. The Morgan fingerprint density at radius 3 is 2.64 bits per heavy atom. The van der Waals surface area contributed by atoms with Crippen molar-refractivity contribution in [2.45, 2.75) is 25.1 Å². The number of para-hydroxylation sites is 1. The molecule has 0 radical (unpaired) electrons. The van der Waals surface area contributed by atoms with Crippen LogP contribution in [0.25, 0.3) is 0 Å². The van der Waals surface area contributed by atoms with Crippen molar-refractivity contribution in [3.05, 3.63) is 65.5 Å². The quantitative estimate of drug-likeness (QED) is 0.848. The van der Waals surface area contributed by atoms with Gasteiger partial charge in [-0.3, -0.25) is 14.5 Å². The maximum Gasteiger partial charge on any atom is 0.258 e. The van der Waals surface area contributed by atoms with Crippen LogP contribution >= 0.6 is 0 Å². The molecule has 0 aromatic heterocycles. The number of nitrogens with one attached hydrogen (secondary N) is 2. The summed E-state index contributed by atoms with van der Waals surface area (Å²) in [6.45, 7) is 1.64. The molecular weight excluding hydrogens is 361 g/mol. The van der Waals surface area contributed by atoms with Crippen LogP contribution in [0.1, 0.15) is 28.8 Å². The molecule has 2 aromatic carbocycles. The van der Waals surface area contributed by atoms with E-state index in [1.807, 2.05) is 17.0 Å². The minimum atomic E-state index is -0.717. The smallest absolute Gasteiger partial charge is 0.258 e. The molecule has 0 saturated carbocycles. The zero-order valence-electron chi connectivity index (χ0n) is 15.4. The maximum absolute atomic E-state index is 13.6. The zero-order chi connectivity index (χ0) is 19.6. The fourth-order valence-corrected chi connectivity index (χ4v) is 3.65. The molecule has 2 aliphatic rings. The minimum Gasteiger partial charge on any atom is -0.467 e. The second-order valence-corrected chi connectivity index (χ2v) is 7.19. The normalized spacial score (nSPS) is 18.1. The van der Waals surface area contributed by atoms with Crippen molar-refractivity contribution >= 4 is 11.8 Å². The van der Waals surface area contributed by atoms with Crippen LogP contribution in [-0.4, -0.2) is 42.1 Å². The van der Waals surface area contributed by atoms with Crippen molar-refractivity contribution < 1.29 is 18.7 Å². The number of ether oxygens (including phenoxy) is 1. The van der Waals surface area contributed by atoms with E-state index in [2.05, 4.69) is 10.6 Å². The van der Waals surface area contributed by atoms with E-state index >= 15 is 0 Å². The van der Waals surface area contributed by atoms with E-state index in [0.717, 1.165) is 0 Å². The molecule has 0 bridgehead atoms. The Labute approximate surface area is 162 Å². The Bertz CT molecular complexity index is 894. The van der Waals surface area contributed by atoms with Crippen LogP contribution in [0.15, 0.2) is 48.5 Å². The predicted octanol–water partition coefficient (Wildman–Crippen LogP) is 2.06. The summed E-state index contributed by atoms with van der Waals surface area (Å²) < 4.78 is 19.7. The third-order valence-corrected chi connectivity index (χ3v) is 5.24. The number of halogens is 1. The number of rotatable bonds is 4. The summed E-state index contributed by atoms with van der Waals surface area (Å²) in [5, 5.41) is 5.74. The average Bonchev–Trinajstić information content (AvgIpc) is 2.69. The SMILES string of the molecule is O=C(CN1CCC2(CC1)NC(=O)c1ccccc1O2)NCc1ccccc1F. The van der Waals surface area contributed by atoms with E-state index in [1.54, 1.807) is 30.3 Å². The third-order valence-electron chi connectivity index (χ3n) is 5.24. The molecule has 2 amide bonds. The highest BCUT2D eigenvalue weighted by Crippen LogP contribution is 2.33. The van der Waals surface area contributed by atoms with E-state index < -0.39 is 5.72 Å². The first-order valence-corrected chi connectivity index (χ1v) is 9.38. The summed E-state index contributed by atoms with van der Waals surface area (Å²) >= 11 is 0. The molecule has 7 heteroatoms. The highest BCUT2D eigenvalue weighted by atomic mass is 19.1. The summed E-state index contributed by atoms with van der Waals surface area (Å²) in [5.41, 5.74) is 0.291. The van der Waals surface area contributed by atoms with Gasteiger partial charge in [0.15, 0.2) is 5.72 Å². The third kappa shape index (κ3) is 3.84. The van der Waals surface area contributed by atoms with Gasteiger partial charge >= 0.3 is 0 Å². The van der Waals surface area contributed by atoms with Gasteiger partial charge in [0, 0.05) is 38.0 Å². The Kier molecular flexibility index (Phi) is 5.00. The van der Waals surface area contributed by atoms with Gasteiger partial charge in [0.25, 0.3) is 5.91 Å². The second kappa shape index (κ2) is 7.59. The number of benzene rings is 2. The van der Waals surface area contributed by atoms with E-state index in [4.69, 9.17) is 4.74 Å². The first kappa shape index (κ1) is 18.4. The van der Waals surface area contributed by atoms with Crippen molar-refractivity contribution in [3.8, 4) is 5.75 Å². The molecule has 2 aromatic rings. The minimum absolute atomic E-state index is 0.127. The van der Waals surface area contributed by atoms with E-state index in [-0.39, 0.29) is 30.7 Å². The molecule has 0 unspecified atom stereocenters. The van der Waals surface area contributed by atoms with Gasteiger partial charge in [-0.25, -0.2) is 4.39 Å². The molecule has 0 atom stereocenters. The average molecular weight is 383 g/mol. The van der Waals surface area contributed by atoms with Crippen LogP contribution in [0.4, 0.5) is 4.39 Å². The van der Waals surface area contributed by atoms with Crippen molar-refractivity contribution in [3.63, 3.8) is 0 Å². The van der Waals surface area contributed by atoms with Gasteiger partial charge in [0.1, 0.15) is 11.6 Å². The maximum atomic E-state index is 13.6. The second-order valence-electron chi connectivity index (χ2n) is 7.19. The van der Waals surface area contributed by atoms with Crippen molar-refractivity contribution in [2.75, 3.05) is 19.6 Å². The Morgan fingerprint density at radius 2 is 1.86 bits per heavy atom. The Balaban J connectivity index is 1.29. The van der Waals surface area contributed by atoms with Crippen LogP contribution in [0, 0.1) is 5.82 Å². The van der Waals surface area contributed by atoms with Crippen LogP contribution in [0.5, 0.6) is 5.75 Å². The monoisotopic (exact) mass is 383 g/mol. The van der Waals surface area contributed by atoms with E-state index in [9.17, 15) is 14.0 Å². The molecule has 6 nitrogen and oxygen atoms in total. The van der Waals surface area contributed by atoms with Gasteiger partial charge in [-0.2, -0.15) is 0 Å². The predicted molar refractivity (Wildman–Crippen MR) is 101 cm³/mol. The lowest BCUT2D eigenvalue weighted by Crippen LogP contribution is -2.61. The number of hydrogen-bond donors (Lipinski definition) is 2. The molecule has 2 aliphatic heterocycles. The summed E-state index contributed by atoms with van der Waals surface area (Å²) in [7, 11) is 0. The van der Waals surface area contributed by atoms with E-state index in [1.165, 1.54) is 6.07 Å². The number of fused-ring (bicyclic) bond motifs is 1. The fraction of sp³-hybridized carbons (Fsp3) is 0.333. The van der Waals surface area contributed by atoms with Gasteiger partial charge in [0.2, 0.25) is 5.91 Å². The lowest BCUT2D eigenvalue weighted by molar-refractivity contribution is -0.123. The van der Waals surface area contributed by atoms with Crippen LogP contribution in [0.2, 0.25) is 0 Å². The molecule has 2 heterocycles. The lowest BCUT2D eigenvalue weighted by Gasteiger charge is -2.44. The largest absolute Gasteiger partial charge is 0.467 e.